The molecule has 2 heterocycles. The highest BCUT2D eigenvalue weighted by Gasteiger charge is 2.23. The van der Waals surface area contributed by atoms with Crippen LogP contribution in [0.25, 0.3) is 0 Å². The lowest BCUT2D eigenvalue weighted by molar-refractivity contribution is 0.0601. The molecule has 0 aliphatic carbocycles. The number of nitrogens with zero attached hydrogens (tertiary/aromatic N) is 3. The third-order valence-corrected chi connectivity index (χ3v) is 3.96. The maximum atomic E-state index is 13.0. The molecule has 0 N–H and O–H groups in total. The zero-order valence-corrected chi connectivity index (χ0v) is 12.9. The lowest BCUT2D eigenvalue weighted by atomic mass is 10.2. The van der Waals surface area contributed by atoms with Gasteiger partial charge in [0.15, 0.2) is 0 Å². The highest BCUT2D eigenvalue weighted by Crippen LogP contribution is 2.22. The van der Waals surface area contributed by atoms with Crippen molar-refractivity contribution >= 4 is 17.5 Å². The standard InChI is InChI=1S/C17H18FN3O2/c1-23-17(22)15-3-2-8-19-16(15)21-11-9-20(10-12-21)14-6-4-13(18)5-7-14/h2-8H,9-12H2,1H3. The smallest absolute Gasteiger partial charge is 0.341 e. The minimum atomic E-state index is -0.380. The molecule has 0 bridgehead atoms. The summed E-state index contributed by atoms with van der Waals surface area (Å²) in [5.74, 6) is 0.0377. The van der Waals surface area contributed by atoms with Crippen LogP contribution in [0, 0.1) is 5.82 Å². The monoisotopic (exact) mass is 315 g/mol. The van der Waals surface area contributed by atoms with Gasteiger partial charge in [-0.1, -0.05) is 0 Å². The first-order valence-electron chi connectivity index (χ1n) is 7.48. The number of halogens is 1. The summed E-state index contributed by atoms with van der Waals surface area (Å²) in [5, 5.41) is 0. The van der Waals surface area contributed by atoms with E-state index in [9.17, 15) is 9.18 Å². The zero-order valence-electron chi connectivity index (χ0n) is 12.9. The SMILES string of the molecule is COC(=O)c1cccnc1N1CCN(c2ccc(F)cc2)CC1. The van der Waals surface area contributed by atoms with E-state index in [1.807, 2.05) is 0 Å². The molecule has 1 saturated heterocycles. The molecular weight excluding hydrogens is 297 g/mol. The molecule has 0 saturated carbocycles. The van der Waals surface area contributed by atoms with E-state index in [1.54, 1.807) is 30.5 Å². The number of benzene rings is 1. The van der Waals surface area contributed by atoms with Crippen LogP contribution in [0.3, 0.4) is 0 Å². The van der Waals surface area contributed by atoms with Crippen LogP contribution in [-0.4, -0.2) is 44.2 Å². The summed E-state index contributed by atoms with van der Waals surface area (Å²) >= 11 is 0. The van der Waals surface area contributed by atoms with Crippen molar-refractivity contribution < 1.29 is 13.9 Å². The van der Waals surface area contributed by atoms with E-state index in [0.29, 0.717) is 11.4 Å². The summed E-state index contributed by atoms with van der Waals surface area (Å²) in [4.78, 5) is 20.5. The Balaban J connectivity index is 1.72. The number of hydrogen-bond donors (Lipinski definition) is 0. The normalized spacial score (nSPS) is 14.7. The van der Waals surface area contributed by atoms with Crippen molar-refractivity contribution in [1.82, 2.24) is 4.98 Å². The van der Waals surface area contributed by atoms with Gasteiger partial charge < -0.3 is 14.5 Å². The Morgan fingerprint density at radius 3 is 2.39 bits per heavy atom. The largest absolute Gasteiger partial charge is 0.465 e. The first-order valence-corrected chi connectivity index (χ1v) is 7.48. The van der Waals surface area contributed by atoms with Crippen molar-refractivity contribution in [2.24, 2.45) is 0 Å². The quantitative estimate of drug-likeness (QED) is 0.814. The molecule has 1 aliphatic heterocycles. The Morgan fingerprint density at radius 1 is 1.09 bits per heavy atom. The summed E-state index contributed by atoms with van der Waals surface area (Å²) in [6.07, 6.45) is 1.67. The number of methoxy groups -OCH3 is 1. The van der Waals surface area contributed by atoms with Crippen molar-refractivity contribution in [1.29, 1.82) is 0 Å². The highest BCUT2D eigenvalue weighted by molar-refractivity contribution is 5.94. The fraction of sp³-hybridized carbons (Fsp3) is 0.294. The van der Waals surface area contributed by atoms with Crippen LogP contribution in [0.4, 0.5) is 15.9 Å². The maximum absolute atomic E-state index is 13.0. The Morgan fingerprint density at radius 2 is 1.74 bits per heavy atom. The number of ether oxygens (including phenoxy) is 1. The van der Waals surface area contributed by atoms with E-state index in [1.165, 1.54) is 19.2 Å². The van der Waals surface area contributed by atoms with E-state index in [4.69, 9.17) is 4.74 Å². The predicted octanol–water partition coefficient (Wildman–Crippen LogP) is 2.33. The third-order valence-electron chi connectivity index (χ3n) is 3.96. The van der Waals surface area contributed by atoms with E-state index < -0.39 is 0 Å². The molecular formula is C17H18FN3O2. The second-order valence-corrected chi connectivity index (χ2v) is 5.32. The van der Waals surface area contributed by atoms with Gasteiger partial charge in [0.25, 0.3) is 0 Å². The van der Waals surface area contributed by atoms with Crippen molar-refractivity contribution in [2.75, 3.05) is 43.1 Å². The minimum absolute atomic E-state index is 0.233. The van der Waals surface area contributed by atoms with E-state index in [2.05, 4.69) is 14.8 Å². The summed E-state index contributed by atoms with van der Waals surface area (Å²) < 4.78 is 17.8. The van der Waals surface area contributed by atoms with Gasteiger partial charge in [-0.15, -0.1) is 0 Å². The number of aromatic nitrogens is 1. The van der Waals surface area contributed by atoms with Gasteiger partial charge >= 0.3 is 5.97 Å². The van der Waals surface area contributed by atoms with Gasteiger partial charge in [-0.3, -0.25) is 0 Å². The average molecular weight is 315 g/mol. The van der Waals surface area contributed by atoms with Gasteiger partial charge in [0.2, 0.25) is 0 Å². The number of hydrogen-bond acceptors (Lipinski definition) is 5. The summed E-state index contributed by atoms with van der Waals surface area (Å²) in [6, 6.07) is 9.95. The lowest BCUT2D eigenvalue weighted by Crippen LogP contribution is -2.47. The number of piperazine rings is 1. The summed E-state index contributed by atoms with van der Waals surface area (Å²) in [5.41, 5.74) is 1.48. The fourth-order valence-electron chi connectivity index (χ4n) is 2.75. The Kier molecular flexibility index (Phi) is 4.41. The lowest BCUT2D eigenvalue weighted by Gasteiger charge is -2.37. The van der Waals surface area contributed by atoms with Crippen molar-refractivity contribution in [2.45, 2.75) is 0 Å². The number of pyridine rings is 1. The van der Waals surface area contributed by atoms with E-state index in [-0.39, 0.29) is 11.8 Å². The molecule has 0 spiro atoms. The highest BCUT2D eigenvalue weighted by atomic mass is 19.1. The molecule has 0 radical (unpaired) electrons. The number of carbonyl (C=O) groups excluding carboxylic acids is 1. The fourth-order valence-corrected chi connectivity index (χ4v) is 2.75. The third kappa shape index (κ3) is 3.26. The Bertz CT molecular complexity index is 682. The summed E-state index contributed by atoms with van der Waals surface area (Å²) in [6.45, 7) is 3.03. The second-order valence-electron chi connectivity index (χ2n) is 5.32. The molecule has 1 aromatic heterocycles. The van der Waals surface area contributed by atoms with Gasteiger partial charge in [-0.2, -0.15) is 0 Å². The van der Waals surface area contributed by atoms with Crippen LogP contribution in [0.1, 0.15) is 10.4 Å². The Hall–Kier alpha value is -2.63. The van der Waals surface area contributed by atoms with Gasteiger partial charge in [-0.25, -0.2) is 14.2 Å². The van der Waals surface area contributed by atoms with Crippen LogP contribution in [0.2, 0.25) is 0 Å². The van der Waals surface area contributed by atoms with Gasteiger partial charge in [0, 0.05) is 38.1 Å². The average Bonchev–Trinajstić information content (AvgIpc) is 2.62. The van der Waals surface area contributed by atoms with Crippen LogP contribution in [-0.2, 0) is 4.74 Å². The molecule has 120 valence electrons. The Labute approximate surface area is 134 Å². The van der Waals surface area contributed by atoms with Crippen molar-refractivity contribution in [3.05, 3.63) is 54.0 Å². The van der Waals surface area contributed by atoms with E-state index >= 15 is 0 Å². The first-order chi connectivity index (χ1) is 11.2. The van der Waals surface area contributed by atoms with Crippen LogP contribution in [0.15, 0.2) is 42.6 Å². The van der Waals surface area contributed by atoms with Crippen LogP contribution in [0.5, 0.6) is 0 Å². The number of anilines is 2. The number of esters is 1. The molecule has 2 aromatic rings. The van der Waals surface area contributed by atoms with Gasteiger partial charge in [0.05, 0.1) is 7.11 Å². The summed E-state index contributed by atoms with van der Waals surface area (Å²) in [7, 11) is 1.37. The molecule has 6 heteroatoms. The predicted molar refractivity (Wildman–Crippen MR) is 86.4 cm³/mol. The maximum Gasteiger partial charge on any atom is 0.341 e. The van der Waals surface area contributed by atoms with Crippen molar-refractivity contribution in [3.8, 4) is 0 Å². The minimum Gasteiger partial charge on any atom is -0.465 e. The number of rotatable bonds is 3. The van der Waals surface area contributed by atoms with Gasteiger partial charge in [-0.05, 0) is 36.4 Å². The second kappa shape index (κ2) is 6.64. The molecule has 3 rings (SSSR count). The topological polar surface area (TPSA) is 45.7 Å². The van der Waals surface area contributed by atoms with Crippen LogP contribution >= 0.6 is 0 Å². The molecule has 1 aromatic carbocycles. The molecule has 1 aliphatic rings. The number of carbonyl (C=O) groups is 1. The molecule has 0 unspecified atom stereocenters. The molecule has 1 fully saturated rings. The zero-order chi connectivity index (χ0) is 16.2. The van der Waals surface area contributed by atoms with Gasteiger partial charge in [0.1, 0.15) is 17.2 Å². The van der Waals surface area contributed by atoms with E-state index in [0.717, 1.165) is 31.9 Å². The van der Waals surface area contributed by atoms with Crippen LogP contribution < -0.4 is 9.80 Å². The molecule has 23 heavy (non-hydrogen) atoms. The molecule has 0 amide bonds. The first kappa shape index (κ1) is 15.3. The van der Waals surface area contributed by atoms with Crippen molar-refractivity contribution in [3.63, 3.8) is 0 Å². The molecule has 5 nitrogen and oxygen atoms in total. The molecule has 0 atom stereocenters.